The molecule has 0 amide bonds. The van der Waals surface area contributed by atoms with E-state index in [0.717, 1.165) is 0 Å². The highest BCUT2D eigenvalue weighted by molar-refractivity contribution is 7.16. The maximum absolute atomic E-state index is 10.8. The first-order valence-electron chi connectivity index (χ1n) is 1.28. The molecule has 0 aliphatic rings. The molecule has 0 bridgehead atoms. The highest BCUT2D eigenvalue weighted by atomic mass is 31.0. The third kappa shape index (κ3) is 4.10. The van der Waals surface area contributed by atoms with Gasteiger partial charge >= 0.3 is 0 Å². The van der Waals surface area contributed by atoms with Gasteiger partial charge in [0.15, 0.2) is 0 Å². The van der Waals surface area contributed by atoms with E-state index in [4.69, 9.17) is 0 Å². The Morgan fingerprint density at radius 2 is 2.40 bits per heavy atom. The quantitative estimate of drug-likeness (QED) is 0.431. The van der Waals surface area contributed by atoms with Gasteiger partial charge in [0, 0.05) is 0 Å². The summed E-state index contributed by atoms with van der Waals surface area (Å²) in [5.74, 6) is 0. The number of hydrogen-bond donors (Lipinski definition) is 0. The lowest BCUT2D eigenvalue weighted by molar-refractivity contribution is 0.719. The zero-order valence-corrected chi connectivity index (χ0v) is 3.58. The Morgan fingerprint density at radius 3 is 2.40 bits per heavy atom. The highest BCUT2D eigenvalue weighted by Crippen LogP contribution is 1.79. The topological polar surface area (TPSA) is 0 Å². The second-order valence-corrected chi connectivity index (χ2v) is 0.909. The SMILES string of the molecule is FC=CC[P]. The van der Waals surface area contributed by atoms with Gasteiger partial charge in [-0.15, -0.1) is 0 Å². The molecule has 0 saturated heterocycles. The van der Waals surface area contributed by atoms with Gasteiger partial charge < -0.3 is 0 Å². The first-order chi connectivity index (χ1) is 2.41. The van der Waals surface area contributed by atoms with E-state index >= 15 is 0 Å². The van der Waals surface area contributed by atoms with Crippen molar-refractivity contribution >= 4 is 9.24 Å². The van der Waals surface area contributed by atoms with E-state index in [0.29, 0.717) is 12.5 Å². The molecule has 5 heavy (non-hydrogen) atoms. The molecule has 2 heteroatoms. The van der Waals surface area contributed by atoms with Gasteiger partial charge in [0.1, 0.15) is 0 Å². The largest absolute Gasteiger partial charge is 0.216 e. The number of hydrogen-bond acceptors (Lipinski definition) is 0. The predicted octanol–water partition coefficient (Wildman–Crippen LogP) is 1.88. The Labute approximate surface area is 33.3 Å². The summed E-state index contributed by atoms with van der Waals surface area (Å²) in [5, 5.41) is 0. The molecule has 0 aromatic rings. The molecule has 0 nitrogen and oxygen atoms in total. The fourth-order valence-corrected chi connectivity index (χ4v) is 0.120. The maximum Gasteiger partial charge on any atom is 0.0830 e. The highest BCUT2D eigenvalue weighted by Gasteiger charge is 1.56. The van der Waals surface area contributed by atoms with Crippen molar-refractivity contribution in [2.45, 2.75) is 0 Å². The molecule has 0 rings (SSSR count). The second kappa shape index (κ2) is 4.10. The molecule has 0 spiro atoms. The van der Waals surface area contributed by atoms with Crippen LogP contribution < -0.4 is 0 Å². The molecule has 0 N–H and O–H groups in total. The van der Waals surface area contributed by atoms with Crippen LogP contribution in [0.25, 0.3) is 0 Å². The molecule has 0 atom stereocenters. The van der Waals surface area contributed by atoms with Crippen molar-refractivity contribution in [3.05, 3.63) is 12.4 Å². The summed E-state index contributed by atoms with van der Waals surface area (Å²) < 4.78 is 10.8. The average Bonchev–Trinajstić information content (AvgIpc) is 1.41. The summed E-state index contributed by atoms with van der Waals surface area (Å²) in [7, 11) is 3.67. The van der Waals surface area contributed by atoms with Gasteiger partial charge in [-0.1, -0.05) is 6.08 Å². The van der Waals surface area contributed by atoms with E-state index in [1.54, 1.807) is 0 Å². The van der Waals surface area contributed by atoms with Crippen LogP contribution >= 0.6 is 9.24 Å². The Morgan fingerprint density at radius 1 is 1.80 bits per heavy atom. The first kappa shape index (κ1) is 5.10. The zero-order chi connectivity index (χ0) is 4.12. The van der Waals surface area contributed by atoms with Gasteiger partial charge in [0.2, 0.25) is 0 Å². The van der Waals surface area contributed by atoms with Crippen LogP contribution in [0.15, 0.2) is 12.4 Å². The molecule has 28 valence electrons. The van der Waals surface area contributed by atoms with Crippen LogP contribution in [0.5, 0.6) is 0 Å². The van der Waals surface area contributed by atoms with Crippen molar-refractivity contribution in [1.29, 1.82) is 0 Å². The smallest absolute Gasteiger partial charge is 0.0830 e. The van der Waals surface area contributed by atoms with E-state index < -0.39 is 0 Å². The summed E-state index contributed by atoms with van der Waals surface area (Å²) in [4.78, 5) is 0. The Kier molecular flexibility index (Phi) is 4.18. The van der Waals surface area contributed by atoms with E-state index in [-0.39, 0.29) is 0 Å². The van der Waals surface area contributed by atoms with Gasteiger partial charge in [-0.3, -0.25) is 0 Å². The average molecular weight is 90.0 g/mol. The summed E-state index contributed by atoms with van der Waals surface area (Å²) >= 11 is 0. The predicted molar refractivity (Wildman–Crippen MR) is 22.0 cm³/mol. The van der Waals surface area contributed by atoms with Crippen molar-refractivity contribution in [3.63, 3.8) is 0 Å². The van der Waals surface area contributed by atoms with Gasteiger partial charge in [-0.2, -0.15) is 0 Å². The van der Waals surface area contributed by atoms with Crippen LogP contribution in [0.3, 0.4) is 0 Å². The normalized spacial score (nSPS) is 10.0. The fraction of sp³-hybridized carbons (Fsp3) is 0.333. The second-order valence-electron chi connectivity index (χ2n) is 0.544. The van der Waals surface area contributed by atoms with Crippen LogP contribution in [-0.2, 0) is 0 Å². The summed E-state index contributed by atoms with van der Waals surface area (Å²) in [6.07, 6.45) is 2.28. The van der Waals surface area contributed by atoms with Crippen LogP contribution in [0, 0.1) is 0 Å². The first-order valence-corrected chi connectivity index (χ1v) is 1.91. The van der Waals surface area contributed by atoms with E-state index in [1.165, 1.54) is 6.08 Å². The third-order valence-corrected chi connectivity index (χ3v) is 0.405. The molecule has 0 saturated carbocycles. The lowest BCUT2D eigenvalue weighted by Gasteiger charge is -1.60. The van der Waals surface area contributed by atoms with Gasteiger partial charge in [-0.25, -0.2) is 4.39 Å². The Balaban J connectivity index is 2.62. The molecule has 0 heterocycles. The molecule has 0 aromatic heterocycles. The molecular weight excluding hydrogens is 86.0 g/mol. The van der Waals surface area contributed by atoms with E-state index in [1.807, 2.05) is 0 Å². The molecule has 0 aliphatic carbocycles. The number of rotatable bonds is 1. The molecule has 0 aromatic carbocycles. The van der Waals surface area contributed by atoms with E-state index in [9.17, 15) is 4.39 Å². The molecule has 0 unspecified atom stereocenters. The standard InChI is InChI=1S/C3H4FP/c4-2-1-3-5/h1-2H,3H2. The summed E-state index contributed by atoms with van der Waals surface area (Å²) in [6, 6.07) is 0. The van der Waals surface area contributed by atoms with Gasteiger partial charge in [0.05, 0.1) is 6.33 Å². The Hall–Kier alpha value is 0.100. The lowest BCUT2D eigenvalue weighted by atomic mass is 10.7. The van der Waals surface area contributed by atoms with Crippen molar-refractivity contribution in [2.75, 3.05) is 6.16 Å². The zero-order valence-electron chi connectivity index (χ0n) is 2.69. The number of allylic oxidation sites excluding steroid dienone is 1. The minimum atomic E-state index is 0.479. The molecule has 0 fully saturated rings. The maximum atomic E-state index is 10.8. The van der Waals surface area contributed by atoms with Crippen LogP contribution in [0.4, 0.5) is 4.39 Å². The molecule has 2 radical (unpaired) electrons. The van der Waals surface area contributed by atoms with Crippen LogP contribution in [0.1, 0.15) is 0 Å². The fourth-order valence-electron chi connectivity index (χ4n) is 0.0398. The van der Waals surface area contributed by atoms with Crippen molar-refractivity contribution in [2.24, 2.45) is 0 Å². The van der Waals surface area contributed by atoms with Crippen LogP contribution in [-0.4, -0.2) is 6.16 Å². The minimum absolute atomic E-state index is 0.479. The Bertz CT molecular complexity index is 33.9. The lowest BCUT2D eigenvalue weighted by Crippen LogP contribution is -1.48. The van der Waals surface area contributed by atoms with Crippen LogP contribution in [0.2, 0.25) is 0 Å². The van der Waals surface area contributed by atoms with Gasteiger partial charge in [-0.05, 0) is 15.4 Å². The summed E-state index contributed by atoms with van der Waals surface area (Å²) in [6.45, 7) is 0. The van der Waals surface area contributed by atoms with Gasteiger partial charge in [0.25, 0.3) is 0 Å². The molecule has 0 aliphatic heterocycles. The monoisotopic (exact) mass is 90.0 g/mol. The minimum Gasteiger partial charge on any atom is -0.216 e. The summed E-state index contributed by atoms with van der Waals surface area (Å²) in [5.41, 5.74) is 0. The third-order valence-electron chi connectivity index (χ3n) is 0.194. The van der Waals surface area contributed by atoms with E-state index in [2.05, 4.69) is 9.24 Å². The van der Waals surface area contributed by atoms with Crippen molar-refractivity contribution in [1.82, 2.24) is 0 Å². The molecular formula is C3H4FP. The van der Waals surface area contributed by atoms with Crippen molar-refractivity contribution < 1.29 is 4.39 Å². The number of halogens is 1. The van der Waals surface area contributed by atoms with Crippen molar-refractivity contribution in [3.8, 4) is 0 Å².